The minimum absolute atomic E-state index is 0.105. The topological polar surface area (TPSA) is 83.0 Å². The summed E-state index contributed by atoms with van der Waals surface area (Å²) in [4.78, 5) is 29.1. The fourth-order valence-corrected chi connectivity index (χ4v) is 3.71. The van der Waals surface area contributed by atoms with Crippen LogP contribution in [0.4, 0.5) is 0 Å². The summed E-state index contributed by atoms with van der Waals surface area (Å²) in [7, 11) is 0. The number of fused-ring (bicyclic) bond motifs is 1. The molecule has 7 heteroatoms. The molecule has 1 aliphatic heterocycles. The molecular formula is C21H25N5O2. The first-order chi connectivity index (χ1) is 13.6. The molecule has 4 rings (SSSR count). The van der Waals surface area contributed by atoms with Crippen molar-refractivity contribution < 1.29 is 4.79 Å². The van der Waals surface area contributed by atoms with E-state index in [2.05, 4.69) is 15.4 Å². The average molecular weight is 379 g/mol. The Hall–Kier alpha value is -2.93. The molecule has 0 bridgehead atoms. The third kappa shape index (κ3) is 3.71. The van der Waals surface area contributed by atoms with E-state index in [0.717, 1.165) is 49.2 Å². The number of nitrogens with zero attached hydrogens (tertiary/aromatic N) is 3. The number of para-hydroxylation sites is 1. The van der Waals surface area contributed by atoms with Gasteiger partial charge in [0.2, 0.25) is 5.91 Å². The van der Waals surface area contributed by atoms with E-state index in [1.54, 1.807) is 4.68 Å². The third-order valence-electron chi connectivity index (χ3n) is 5.22. The number of pyridine rings is 1. The molecule has 0 spiro atoms. The van der Waals surface area contributed by atoms with Gasteiger partial charge in [-0.2, -0.15) is 5.10 Å². The molecule has 1 saturated heterocycles. The number of nitrogens with one attached hydrogen (secondary N) is 2. The molecule has 146 valence electrons. The van der Waals surface area contributed by atoms with Gasteiger partial charge in [-0.3, -0.25) is 9.59 Å². The van der Waals surface area contributed by atoms with Gasteiger partial charge in [0.15, 0.2) is 0 Å². The Kier molecular flexibility index (Phi) is 5.25. The van der Waals surface area contributed by atoms with Crippen LogP contribution in [0.2, 0.25) is 0 Å². The van der Waals surface area contributed by atoms with E-state index in [1.807, 2.05) is 48.2 Å². The Labute approximate surface area is 163 Å². The minimum Gasteiger partial charge on any atom is -0.343 e. The number of carbonyl (C=O) groups excluding carboxylic acids is 1. The van der Waals surface area contributed by atoms with Crippen LogP contribution in [0.15, 0.2) is 41.2 Å². The Morgan fingerprint density at radius 3 is 2.79 bits per heavy atom. The van der Waals surface area contributed by atoms with Crippen molar-refractivity contribution in [1.82, 2.24) is 25.0 Å². The zero-order chi connectivity index (χ0) is 19.5. The fraction of sp³-hybridized carbons (Fsp3) is 0.381. The second kappa shape index (κ2) is 7.98. The van der Waals surface area contributed by atoms with Gasteiger partial charge in [0.1, 0.15) is 5.65 Å². The largest absolute Gasteiger partial charge is 0.343 e. The Balaban J connectivity index is 1.44. The van der Waals surface area contributed by atoms with Crippen molar-refractivity contribution in [3.63, 3.8) is 0 Å². The lowest BCUT2D eigenvalue weighted by atomic mass is 10.2. The third-order valence-corrected chi connectivity index (χ3v) is 5.22. The number of carbonyl (C=O) groups is 1. The van der Waals surface area contributed by atoms with Crippen LogP contribution in [0.5, 0.6) is 0 Å². The number of hydrogen-bond donors (Lipinski definition) is 2. The first-order valence-corrected chi connectivity index (χ1v) is 9.79. The van der Waals surface area contributed by atoms with Gasteiger partial charge in [-0.15, -0.1) is 0 Å². The maximum Gasteiger partial charge on any atom is 0.254 e. The lowest BCUT2D eigenvalue weighted by Gasteiger charge is -2.15. The van der Waals surface area contributed by atoms with Crippen molar-refractivity contribution in [2.75, 3.05) is 19.6 Å². The molecule has 1 aliphatic rings. The van der Waals surface area contributed by atoms with E-state index in [9.17, 15) is 9.59 Å². The molecule has 2 N–H and O–H groups in total. The molecule has 0 aliphatic carbocycles. The first-order valence-electron chi connectivity index (χ1n) is 9.79. The maximum absolute atomic E-state index is 12.6. The quantitative estimate of drug-likeness (QED) is 0.616. The van der Waals surface area contributed by atoms with E-state index >= 15 is 0 Å². The molecule has 2 aromatic heterocycles. The van der Waals surface area contributed by atoms with Crippen LogP contribution < -0.4 is 10.9 Å². The van der Waals surface area contributed by atoms with Gasteiger partial charge in [0.25, 0.3) is 5.56 Å². The lowest BCUT2D eigenvalue weighted by molar-refractivity contribution is -0.127. The number of likely N-dealkylation sites (tertiary alicyclic amines) is 1. The second-order valence-electron chi connectivity index (χ2n) is 7.23. The van der Waals surface area contributed by atoms with E-state index in [1.165, 1.54) is 0 Å². The molecule has 28 heavy (non-hydrogen) atoms. The molecule has 0 unspecified atom stereocenters. The molecule has 3 heterocycles. The summed E-state index contributed by atoms with van der Waals surface area (Å²) in [6.07, 6.45) is 2.54. The smallest absolute Gasteiger partial charge is 0.254 e. The normalized spacial score (nSPS) is 14.3. The van der Waals surface area contributed by atoms with Crippen LogP contribution in [-0.2, 0) is 11.3 Å². The number of aromatic nitrogens is 3. The molecule has 0 saturated carbocycles. The maximum atomic E-state index is 12.6. The number of aromatic amines is 1. The number of amides is 1. The van der Waals surface area contributed by atoms with Crippen molar-refractivity contribution in [2.45, 2.75) is 32.7 Å². The SMILES string of the molecule is Cc1nn(-c2ccccc2)c2[nH]c(=O)c(CNCCCN3CCCC3=O)cc12. The van der Waals surface area contributed by atoms with Gasteiger partial charge < -0.3 is 15.2 Å². The highest BCUT2D eigenvalue weighted by atomic mass is 16.2. The molecule has 1 fully saturated rings. The van der Waals surface area contributed by atoms with E-state index < -0.39 is 0 Å². The summed E-state index contributed by atoms with van der Waals surface area (Å²) in [6.45, 7) is 4.87. The fourth-order valence-electron chi connectivity index (χ4n) is 3.71. The Morgan fingerprint density at radius 1 is 1.21 bits per heavy atom. The zero-order valence-corrected chi connectivity index (χ0v) is 16.1. The monoisotopic (exact) mass is 379 g/mol. The molecule has 1 amide bonds. The molecule has 7 nitrogen and oxygen atoms in total. The van der Waals surface area contributed by atoms with Gasteiger partial charge in [0.05, 0.1) is 11.4 Å². The van der Waals surface area contributed by atoms with Crippen LogP contribution in [-0.4, -0.2) is 45.2 Å². The molecule has 3 aromatic rings. The first kappa shape index (κ1) is 18.4. The predicted octanol–water partition coefficient (Wildman–Crippen LogP) is 2.12. The molecular weight excluding hydrogens is 354 g/mol. The molecule has 0 atom stereocenters. The van der Waals surface area contributed by atoms with E-state index in [-0.39, 0.29) is 11.5 Å². The summed E-state index contributed by atoms with van der Waals surface area (Å²) >= 11 is 0. The summed E-state index contributed by atoms with van der Waals surface area (Å²) in [6, 6.07) is 11.7. The highest BCUT2D eigenvalue weighted by molar-refractivity contribution is 5.80. The number of benzene rings is 1. The van der Waals surface area contributed by atoms with Crippen molar-refractivity contribution >= 4 is 16.9 Å². The van der Waals surface area contributed by atoms with Crippen molar-refractivity contribution in [3.8, 4) is 5.69 Å². The summed E-state index contributed by atoms with van der Waals surface area (Å²) in [5.41, 5.74) is 3.10. The summed E-state index contributed by atoms with van der Waals surface area (Å²) < 4.78 is 1.77. The number of aryl methyl sites for hydroxylation is 1. The predicted molar refractivity (Wildman–Crippen MR) is 109 cm³/mol. The Bertz CT molecular complexity index is 1040. The lowest BCUT2D eigenvalue weighted by Crippen LogP contribution is -2.29. The van der Waals surface area contributed by atoms with Gasteiger partial charge >= 0.3 is 0 Å². The number of rotatable bonds is 7. The van der Waals surface area contributed by atoms with Gasteiger partial charge in [0, 0.05) is 37.0 Å². The number of H-pyrrole nitrogens is 1. The Morgan fingerprint density at radius 2 is 2.04 bits per heavy atom. The second-order valence-corrected chi connectivity index (χ2v) is 7.23. The standard InChI is InChI=1S/C21H25N5O2/c1-15-18-13-16(14-22-10-6-12-25-11-5-9-19(25)27)21(28)23-20(18)26(24-15)17-7-3-2-4-8-17/h2-4,7-8,13,22H,5-6,9-12,14H2,1H3,(H,23,28). The van der Waals surface area contributed by atoms with Crippen LogP contribution in [0.25, 0.3) is 16.7 Å². The number of hydrogen-bond acceptors (Lipinski definition) is 4. The van der Waals surface area contributed by atoms with Crippen LogP contribution in [0.3, 0.4) is 0 Å². The molecule has 1 aromatic carbocycles. The summed E-state index contributed by atoms with van der Waals surface area (Å²) in [5, 5.41) is 8.86. The van der Waals surface area contributed by atoms with Crippen molar-refractivity contribution in [3.05, 3.63) is 58.0 Å². The van der Waals surface area contributed by atoms with Gasteiger partial charge in [-0.05, 0) is 44.5 Å². The highest BCUT2D eigenvalue weighted by Gasteiger charge is 2.19. The van der Waals surface area contributed by atoms with E-state index in [0.29, 0.717) is 24.2 Å². The van der Waals surface area contributed by atoms with Crippen LogP contribution >= 0.6 is 0 Å². The van der Waals surface area contributed by atoms with Gasteiger partial charge in [-0.1, -0.05) is 18.2 Å². The zero-order valence-electron chi connectivity index (χ0n) is 16.1. The van der Waals surface area contributed by atoms with Crippen molar-refractivity contribution in [2.24, 2.45) is 0 Å². The van der Waals surface area contributed by atoms with Crippen LogP contribution in [0, 0.1) is 6.92 Å². The minimum atomic E-state index is -0.105. The van der Waals surface area contributed by atoms with Crippen molar-refractivity contribution in [1.29, 1.82) is 0 Å². The highest BCUT2D eigenvalue weighted by Crippen LogP contribution is 2.19. The van der Waals surface area contributed by atoms with Crippen LogP contribution in [0.1, 0.15) is 30.5 Å². The summed E-state index contributed by atoms with van der Waals surface area (Å²) in [5.74, 6) is 0.257. The average Bonchev–Trinajstić information content (AvgIpc) is 3.25. The molecule has 0 radical (unpaired) electrons. The van der Waals surface area contributed by atoms with Gasteiger partial charge in [-0.25, -0.2) is 4.68 Å². The van der Waals surface area contributed by atoms with E-state index in [4.69, 9.17) is 0 Å².